The maximum Gasteiger partial charge on any atom is 0.264 e. The highest BCUT2D eigenvalue weighted by Crippen LogP contribution is 2.35. The van der Waals surface area contributed by atoms with Crippen LogP contribution in [0.1, 0.15) is 32.8 Å². The zero-order valence-corrected chi connectivity index (χ0v) is 24.9. The summed E-state index contributed by atoms with van der Waals surface area (Å²) < 4.78 is 28.5. The van der Waals surface area contributed by atoms with Crippen LogP contribution in [0.2, 0.25) is 15.1 Å². The minimum absolute atomic E-state index is 0.0155. The molecule has 3 rings (SSSR count). The Bertz CT molecular complexity index is 1400. The largest absolute Gasteiger partial charge is 0.352 e. The summed E-state index contributed by atoms with van der Waals surface area (Å²) in [5.74, 6) is -0.961. The Balaban J connectivity index is 2.05. The van der Waals surface area contributed by atoms with Crippen LogP contribution in [-0.2, 0) is 26.2 Å². The molecule has 0 radical (unpaired) electrons. The number of sulfonamides is 1. The van der Waals surface area contributed by atoms with E-state index in [0.717, 1.165) is 4.31 Å². The molecule has 11 heteroatoms. The number of benzene rings is 3. The van der Waals surface area contributed by atoms with Crippen molar-refractivity contribution in [1.82, 2.24) is 10.2 Å². The average molecular weight is 611 g/mol. The highest BCUT2D eigenvalue weighted by molar-refractivity contribution is 7.92. The van der Waals surface area contributed by atoms with E-state index in [2.05, 4.69) is 5.32 Å². The topological polar surface area (TPSA) is 86.8 Å². The summed E-state index contributed by atoms with van der Waals surface area (Å²) in [4.78, 5) is 28.3. The second kappa shape index (κ2) is 13.5. The SMILES string of the molecule is CC[C@@H](C)NC(=O)[C@H](C)N(Cc1ccc(Cl)cc1)C(=O)CN(c1cccc(Cl)c1Cl)S(=O)(=O)c1ccccc1. The number of carbonyl (C=O) groups excluding carboxylic acids is 2. The van der Waals surface area contributed by atoms with Crippen LogP contribution >= 0.6 is 34.8 Å². The van der Waals surface area contributed by atoms with Crippen LogP contribution in [0, 0.1) is 0 Å². The number of amides is 2. The molecular weight excluding hydrogens is 581 g/mol. The molecule has 0 aromatic heterocycles. The third-order valence-electron chi connectivity index (χ3n) is 6.24. The van der Waals surface area contributed by atoms with Crippen molar-refractivity contribution in [2.75, 3.05) is 10.8 Å². The number of hydrogen-bond donors (Lipinski definition) is 1. The van der Waals surface area contributed by atoms with Crippen LogP contribution in [0.3, 0.4) is 0 Å². The van der Waals surface area contributed by atoms with Gasteiger partial charge in [-0.05, 0) is 62.2 Å². The smallest absolute Gasteiger partial charge is 0.264 e. The second-order valence-electron chi connectivity index (χ2n) is 9.04. The third kappa shape index (κ3) is 7.66. The first-order valence-electron chi connectivity index (χ1n) is 12.3. The van der Waals surface area contributed by atoms with Crippen LogP contribution < -0.4 is 9.62 Å². The summed E-state index contributed by atoms with van der Waals surface area (Å²) in [7, 11) is -4.24. The molecule has 0 spiro atoms. The molecule has 0 bridgehead atoms. The van der Waals surface area contributed by atoms with Crippen molar-refractivity contribution in [2.24, 2.45) is 0 Å². The minimum Gasteiger partial charge on any atom is -0.352 e. The van der Waals surface area contributed by atoms with E-state index in [0.29, 0.717) is 17.0 Å². The predicted octanol–water partition coefficient (Wildman–Crippen LogP) is 6.17. The lowest BCUT2D eigenvalue weighted by Crippen LogP contribution is -2.52. The second-order valence-corrected chi connectivity index (χ2v) is 12.1. The molecule has 0 saturated heterocycles. The van der Waals surface area contributed by atoms with E-state index in [1.807, 2.05) is 13.8 Å². The van der Waals surface area contributed by atoms with Gasteiger partial charge in [-0.3, -0.25) is 13.9 Å². The molecule has 2 amide bonds. The fraction of sp³-hybridized carbons (Fsp3) is 0.286. The predicted molar refractivity (Wildman–Crippen MR) is 157 cm³/mol. The van der Waals surface area contributed by atoms with Crippen LogP contribution in [-0.4, -0.2) is 43.8 Å². The molecule has 7 nitrogen and oxygen atoms in total. The Kier molecular flexibility index (Phi) is 10.7. The first kappa shape index (κ1) is 30.8. The van der Waals surface area contributed by atoms with Gasteiger partial charge in [0.1, 0.15) is 12.6 Å². The zero-order valence-electron chi connectivity index (χ0n) is 21.8. The molecule has 0 saturated carbocycles. The number of rotatable bonds is 11. The van der Waals surface area contributed by atoms with Gasteiger partial charge in [-0.15, -0.1) is 0 Å². The molecular formula is C28H30Cl3N3O4S. The van der Waals surface area contributed by atoms with Crippen LogP contribution in [0.5, 0.6) is 0 Å². The molecule has 3 aromatic rings. The van der Waals surface area contributed by atoms with Gasteiger partial charge in [0, 0.05) is 17.6 Å². The molecule has 2 atom stereocenters. The van der Waals surface area contributed by atoms with E-state index in [9.17, 15) is 18.0 Å². The van der Waals surface area contributed by atoms with Gasteiger partial charge >= 0.3 is 0 Å². The Morgan fingerprint density at radius 2 is 1.54 bits per heavy atom. The van der Waals surface area contributed by atoms with E-state index >= 15 is 0 Å². The van der Waals surface area contributed by atoms with E-state index in [4.69, 9.17) is 34.8 Å². The summed E-state index contributed by atoms with van der Waals surface area (Å²) in [6.07, 6.45) is 0.708. The Hall–Kier alpha value is -2.78. The summed E-state index contributed by atoms with van der Waals surface area (Å²) in [5, 5.41) is 3.53. The third-order valence-corrected chi connectivity index (χ3v) is 9.08. The fourth-order valence-corrected chi connectivity index (χ4v) is 5.77. The van der Waals surface area contributed by atoms with Crippen molar-refractivity contribution in [3.8, 4) is 0 Å². The molecule has 0 aliphatic heterocycles. The van der Waals surface area contributed by atoms with Crippen molar-refractivity contribution in [3.63, 3.8) is 0 Å². The molecule has 0 unspecified atom stereocenters. The van der Waals surface area contributed by atoms with Gasteiger partial charge in [-0.2, -0.15) is 0 Å². The van der Waals surface area contributed by atoms with Gasteiger partial charge in [0.25, 0.3) is 10.0 Å². The number of carbonyl (C=O) groups is 2. The summed E-state index contributed by atoms with van der Waals surface area (Å²) in [6, 6.07) is 18.1. The first-order chi connectivity index (χ1) is 18.4. The summed E-state index contributed by atoms with van der Waals surface area (Å²) in [6.45, 7) is 4.84. The van der Waals surface area contributed by atoms with Gasteiger partial charge in [0.2, 0.25) is 11.8 Å². The normalized spacial score (nSPS) is 12.9. The molecule has 0 aliphatic carbocycles. The molecule has 0 heterocycles. The van der Waals surface area contributed by atoms with Crippen LogP contribution in [0.15, 0.2) is 77.7 Å². The van der Waals surface area contributed by atoms with Crippen molar-refractivity contribution in [1.29, 1.82) is 0 Å². The number of anilines is 1. The lowest BCUT2D eigenvalue weighted by Gasteiger charge is -2.32. The molecule has 0 aliphatic rings. The highest BCUT2D eigenvalue weighted by atomic mass is 35.5. The monoisotopic (exact) mass is 609 g/mol. The van der Waals surface area contributed by atoms with Gasteiger partial charge < -0.3 is 10.2 Å². The minimum atomic E-state index is -4.24. The Morgan fingerprint density at radius 1 is 0.897 bits per heavy atom. The number of halogens is 3. The molecule has 1 N–H and O–H groups in total. The summed E-state index contributed by atoms with van der Waals surface area (Å²) in [5.41, 5.74) is 0.763. The molecule has 3 aromatic carbocycles. The zero-order chi connectivity index (χ0) is 28.7. The molecule has 39 heavy (non-hydrogen) atoms. The van der Waals surface area contributed by atoms with Crippen molar-refractivity contribution < 1.29 is 18.0 Å². The maximum absolute atomic E-state index is 13.9. The standard InChI is InChI=1S/C28H30Cl3N3O4S/c1-4-19(2)32-28(36)20(3)33(17-21-13-15-22(29)16-14-21)26(35)18-34(25-12-8-11-24(30)27(25)31)39(37,38)23-9-6-5-7-10-23/h5-16,19-20H,4,17-18H2,1-3H3,(H,32,36)/t19-,20+/m1/s1. The van der Waals surface area contributed by atoms with Gasteiger partial charge in [-0.25, -0.2) is 8.42 Å². The van der Waals surface area contributed by atoms with Crippen molar-refractivity contribution in [2.45, 2.75) is 50.7 Å². The lowest BCUT2D eigenvalue weighted by atomic mass is 10.1. The number of nitrogens with one attached hydrogen (secondary N) is 1. The van der Waals surface area contributed by atoms with E-state index < -0.39 is 28.5 Å². The van der Waals surface area contributed by atoms with Gasteiger partial charge in [0.05, 0.1) is 20.6 Å². The number of nitrogens with zero attached hydrogens (tertiary/aromatic N) is 2. The lowest BCUT2D eigenvalue weighted by molar-refractivity contribution is -0.139. The van der Waals surface area contributed by atoms with Gasteiger partial charge in [-0.1, -0.05) is 78.1 Å². The first-order valence-corrected chi connectivity index (χ1v) is 14.9. The van der Waals surface area contributed by atoms with Gasteiger partial charge in [0.15, 0.2) is 0 Å². The Labute approximate surface area is 244 Å². The van der Waals surface area contributed by atoms with Crippen molar-refractivity contribution in [3.05, 3.63) is 93.4 Å². The summed E-state index contributed by atoms with van der Waals surface area (Å²) >= 11 is 18.7. The van der Waals surface area contributed by atoms with E-state index in [-0.39, 0.29) is 39.1 Å². The molecule has 208 valence electrons. The van der Waals surface area contributed by atoms with Crippen LogP contribution in [0.4, 0.5) is 5.69 Å². The van der Waals surface area contributed by atoms with Crippen LogP contribution in [0.25, 0.3) is 0 Å². The van der Waals surface area contributed by atoms with E-state index in [1.54, 1.807) is 55.5 Å². The van der Waals surface area contributed by atoms with Crippen molar-refractivity contribution >= 4 is 62.3 Å². The van der Waals surface area contributed by atoms with E-state index in [1.165, 1.54) is 29.2 Å². The molecule has 0 fully saturated rings. The fourth-order valence-electron chi connectivity index (χ4n) is 3.75. The maximum atomic E-state index is 13.9. The quantitative estimate of drug-likeness (QED) is 0.281. The average Bonchev–Trinajstić information content (AvgIpc) is 2.92. The number of hydrogen-bond acceptors (Lipinski definition) is 4. The highest BCUT2D eigenvalue weighted by Gasteiger charge is 2.33. The Morgan fingerprint density at radius 3 is 2.15 bits per heavy atom.